The van der Waals surface area contributed by atoms with E-state index in [0.717, 1.165) is 6.20 Å². The first-order valence-corrected chi connectivity index (χ1v) is 6.67. The standard InChI is InChI=1S/C12H19F2N5O2/c1-16(2)9-4-5-18(8-12(13,14)6-9)11-10(19(20)21)7-15-17(11)3/h7,9H,4-6,8H2,1-3H3. The molecule has 1 aromatic heterocycles. The Balaban J connectivity index is 2.32. The van der Waals surface area contributed by atoms with Crippen LogP contribution in [0.4, 0.5) is 20.3 Å². The van der Waals surface area contributed by atoms with E-state index in [1.807, 2.05) is 0 Å². The first-order valence-electron chi connectivity index (χ1n) is 6.67. The lowest BCUT2D eigenvalue weighted by Gasteiger charge is -2.25. The average molecular weight is 303 g/mol. The van der Waals surface area contributed by atoms with Gasteiger partial charge in [0.15, 0.2) is 0 Å². The average Bonchev–Trinajstić information content (AvgIpc) is 2.66. The molecule has 0 saturated carbocycles. The van der Waals surface area contributed by atoms with Crippen molar-refractivity contribution in [1.82, 2.24) is 14.7 Å². The van der Waals surface area contributed by atoms with Crippen molar-refractivity contribution in [2.24, 2.45) is 7.05 Å². The maximum atomic E-state index is 14.1. The Bertz CT molecular complexity index is 532. The lowest BCUT2D eigenvalue weighted by molar-refractivity contribution is -0.384. The molecule has 1 saturated heterocycles. The van der Waals surface area contributed by atoms with Gasteiger partial charge in [-0.25, -0.2) is 13.5 Å². The Morgan fingerprint density at radius 1 is 1.52 bits per heavy atom. The van der Waals surface area contributed by atoms with E-state index in [2.05, 4.69) is 5.10 Å². The van der Waals surface area contributed by atoms with E-state index in [1.54, 1.807) is 19.0 Å². The highest BCUT2D eigenvalue weighted by molar-refractivity contribution is 5.57. The highest BCUT2D eigenvalue weighted by atomic mass is 19.3. The van der Waals surface area contributed by atoms with E-state index in [4.69, 9.17) is 0 Å². The molecule has 21 heavy (non-hydrogen) atoms. The molecule has 0 N–H and O–H groups in total. The quantitative estimate of drug-likeness (QED) is 0.625. The molecule has 1 fully saturated rings. The third-order valence-corrected chi connectivity index (χ3v) is 3.80. The number of halogens is 2. The summed E-state index contributed by atoms with van der Waals surface area (Å²) in [6.07, 6.45) is 1.37. The van der Waals surface area contributed by atoms with Crippen LogP contribution < -0.4 is 4.90 Å². The first-order chi connectivity index (χ1) is 9.71. The second kappa shape index (κ2) is 5.55. The summed E-state index contributed by atoms with van der Waals surface area (Å²) < 4.78 is 29.5. The molecule has 0 bridgehead atoms. The molecule has 7 nitrogen and oxygen atoms in total. The molecule has 0 amide bonds. The number of alkyl halides is 2. The summed E-state index contributed by atoms with van der Waals surface area (Å²) in [4.78, 5) is 13.6. The van der Waals surface area contributed by atoms with E-state index in [0.29, 0.717) is 13.0 Å². The van der Waals surface area contributed by atoms with Gasteiger partial charge in [0.05, 0.1) is 11.5 Å². The van der Waals surface area contributed by atoms with Gasteiger partial charge in [-0.1, -0.05) is 0 Å². The molecule has 0 aliphatic carbocycles. The number of nitro groups is 1. The van der Waals surface area contributed by atoms with Gasteiger partial charge < -0.3 is 9.80 Å². The van der Waals surface area contributed by atoms with Crippen molar-refractivity contribution in [3.8, 4) is 0 Å². The molecule has 0 spiro atoms. The summed E-state index contributed by atoms with van der Waals surface area (Å²) in [6.45, 7) is -0.198. The Morgan fingerprint density at radius 3 is 2.76 bits per heavy atom. The third-order valence-electron chi connectivity index (χ3n) is 3.80. The van der Waals surface area contributed by atoms with Crippen LogP contribution >= 0.6 is 0 Å². The van der Waals surface area contributed by atoms with Crippen molar-refractivity contribution in [3.05, 3.63) is 16.3 Å². The molecule has 1 aliphatic rings. The molecule has 0 aromatic carbocycles. The van der Waals surface area contributed by atoms with Crippen LogP contribution in [0.1, 0.15) is 12.8 Å². The zero-order chi connectivity index (χ0) is 15.8. The van der Waals surface area contributed by atoms with Crippen LogP contribution in [0.5, 0.6) is 0 Å². The van der Waals surface area contributed by atoms with Crippen molar-refractivity contribution < 1.29 is 13.7 Å². The smallest absolute Gasteiger partial charge is 0.331 e. The van der Waals surface area contributed by atoms with Gasteiger partial charge in [-0.15, -0.1) is 0 Å². The summed E-state index contributed by atoms with van der Waals surface area (Å²) in [5, 5.41) is 14.9. The topological polar surface area (TPSA) is 67.4 Å². The maximum Gasteiger partial charge on any atom is 0.331 e. The van der Waals surface area contributed by atoms with E-state index in [-0.39, 0.29) is 24.0 Å². The van der Waals surface area contributed by atoms with Crippen molar-refractivity contribution in [3.63, 3.8) is 0 Å². The predicted octanol–water partition coefficient (Wildman–Crippen LogP) is 1.49. The number of anilines is 1. The summed E-state index contributed by atoms with van der Waals surface area (Å²) in [7, 11) is 5.06. The van der Waals surface area contributed by atoms with Crippen LogP contribution in [-0.4, -0.2) is 58.8 Å². The second-order valence-electron chi connectivity index (χ2n) is 5.62. The number of nitrogens with zero attached hydrogens (tertiary/aromatic N) is 5. The van der Waals surface area contributed by atoms with Crippen LogP contribution in [0.25, 0.3) is 0 Å². The van der Waals surface area contributed by atoms with E-state index >= 15 is 0 Å². The van der Waals surface area contributed by atoms with Gasteiger partial charge in [-0.05, 0) is 20.5 Å². The largest absolute Gasteiger partial charge is 0.345 e. The molecule has 9 heteroatoms. The number of rotatable bonds is 3. The van der Waals surface area contributed by atoms with Gasteiger partial charge in [0, 0.05) is 26.1 Å². The second-order valence-corrected chi connectivity index (χ2v) is 5.62. The van der Waals surface area contributed by atoms with Crippen LogP contribution in [-0.2, 0) is 7.05 Å². The first kappa shape index (κ1) is 15.6. The van der Waals surface area contributed by atoms with Gasteiger partial charge >= 0.3 is 5.69 Å². The van der Waals surface area contributed by atoms with E-state index < -0.39 is 17.4 Å². The fraction of sp³-hybridized carbons (Fsp3) is 0.750. The molecule has 1 aliphatic heterocycles. The summed E-state index contributed by atoms with van der Waals surface area (Å²) in [5.74, 6) is -2.76. The van der Waals surface area contributed by atoms with E-state index in [1.165, 1.54) is 16.6 Å². The Labute approximate surface area is 121 Å². The lowest BCUT2D eigenvalue weighted by atomic mass is 10.1. The van der Waals surface area contributed by atoms with E-state index in [9.17, 15) is 18.9 Å². The van der Waals surface area contributed by atoms with Crippen molar-refractivity contribution in [2.75, 3.05) is 32.1 Å². The molecule has 1 aromatic rings. The lowest BCUT2D eigenvalue weighted by Crippen LogP contribution is -2.37. The third kappa shape index (κ3) is 3.29. The predicted molar refractivity (Wildman–Crippen MR) is 73.7 cm³/mol. The fourth-order valence-corrected chi connectivity index (χ4v) is 2.71. The Kier molecular flexibility index (Phi) is 4.13. The Morgan fingerprint density at radius 2 is 2.19 bits per heavy atom. The number of aromatic nitrogens is 2. The molecular formula is C12H19F2N5O2. The number of aryl methyl sites for hydroxylation is 1. The zero-order valence-electron chi connectivity index (χ0n) is 12.3. The highest BCUT2D eigenvalue weighted by Crippen LogP contribution is 2.34. The normalized spacial score (nSPS) is 22.4. The minimum Gasteiger partial charge on any atom is -0.345 e. The molecule has 0 radical (unpaired) electrons. The summed E-state index contributed by atoms with van der Waals surface area (Å²) >= 11 is 0. The number of hydrogen-bond acceptors (Lipinski definition) is 5. The fourth-order valence-electron chi connectivity index (χ4n) is 2.71. The van der Waals surface area contributed by atoms with Gasteiger partial charge in [0.25, 0.3) is 5.92 Å². The van der Waals surface area contributed by atoms with Crippen LogP contribution in [0.3, 0.4) is 0 Å². The van der Waals surface area contributed by atoms with Gasteiger partial charge in [0.1, 0.15) is 6.20 Å². The SMILES string of the molecule is CN(C)C1CCN(c2c([N+](=O)[O-])cnn2C)CC(F)(F)C1. The van der Waals surface area contributed by atoms with Gasteiger partial charge in [0.2, 0.25) is 5.82 Å². The van der Waals surface area contributed by atoms with Crippen molar-refractivity contribution in [2.45, 2.75) is 24.8 Å². The van der Waals surface area contributed by atoms with Gasteiger partial charge in [-0.3, -0.25) is 10.1 Å². The van der Waals surface area contributed by atoms with Gasteiger partial charge in [-0.2, -0.15) is 5.10 Å². The number of hydrogen-bond donors (Lipinski definition) is 0. The zero-order valence-corrected chi connectivity index (χ0v) is 12.3. The van der Waals surface area contributed by atoms with Crippen LogP contribution in [0, 0.1) is 10.1 Å². The minimum atomic E-state index is -2.90. The van der Waals surface area contributed by atoms with Crippen molar-refractivity contribution in [1.29, 1.82) is 0 Å². The maximum absolute atomic E-state index is 14.1. The monoisotopic (exact) mass is 303 g/mol. The molecular weight excluding hydrogens is 284 g/mol. The molecule has 1 unspecified atom stereocenters. The summed E-state index contributed by atoms with van der Waals surface area (Å²) in [6, 6.07) is -0.253. The minimum absolute atomic E-state index is 0.138. The molecule has 2 heterocycles. The molecule has 2 rings (SSSR count). The molecule has 118 valence electrons. The van der Waals surface area contributed by atoms with Crippen LogP contribution in [0.15, 0.2) is 6.20 Å². The summed E-state index contributed by atoms with van der Waals surface area (Å²) in [5.41, 5.74) is -0.239. The van der Waals surface area contributed by atoms with Crippen molar-refractivity contribution >= 4 is 11.5 Å². The highest BCUT2D eigenvalue weighted by Gasteiger charge is 2.41. The molecule has 1 atom stereocenters. The Hall–Kier alpha value is -1.77. The van der Waals surface area contributed by atoms with Crippen LogP contribution in [0.2, 0.25) is 0 Å².